The van der Waals surface area contributed by atoms with Crippen LogP contribution in [0.3, 0.4) is 0 Å². The number of allylic oxidation sites excluding steroid dienone is 6. The Balaban J connectivity index is 2.34. The molecule has 0 unspecified atom stereocenters. The van der Waals surface area contributed by atoms with E-state index in [2.05, 4.69) is 0 Å². The van der Waals surface area contributed by atoms with Gasteiger partial charge in [-0.1, -0.05) is 68.9 Å². The fraction of sp³-hybridized carbons (Fsp3) is 0.692. The average Bonchev–Trinajstić information content (AvgIpc) is 3.08. The second kappa shape index (κ2) is 24.4. The van der Waals surface area contributed by atoms with Crippen LogP contribution in [0.4, 0.5) is 0 Å². The molecule has 0 spiro atoms. The summed E-state index contributed by atoms with van der Waals surface area (Å²) in [4.78, 5) is 50.6. The minimum atomic E-state index is -1.84. The van der Waals surface area contributed by atoms with Crippen LogP contribution in [0.15, 0.2) is 48.6 Å². The highest BCUT2D eigenvalue weighted by Crippen LogP contribution is 2.26. The summed E-state index contributed by atoms with van der Waals surface area (Å²) in [7, 11) is 0. The van der Waals surface area contributed by atoms with Gasteiger partial charge in [0, 0.05) is 38.5 Å². The predicted octanol–water partition coefficient (Wildman–Crippen LogP) is 1.55. The van der Waals surface area contributed by atoms with Gasteiger partial charge in [0.25, 0.3) is 0 Å². The lowest BCUT2D eigenvalue weighted by Gasteiger charge is -2.41. The van der Waals surface area contributed by atoms with E-state index in [1.807, 2.05) is 13.0 Å². The van der Waals surface area contributed by atoms with E-state index < -0.39 is 116 Å². The molecule has 0 bridgehead atoms. The van der Waals surface area contributed by atoms with Crippen LogP contribution in [0.2, 0.25) is 0 Å². The predicted molar refractivity (Wildman–Crippen MR) is 196 cm³/mol. The van der Waals surface area contributed by atoms with Crippen LogP contribution >= 0.6 is 0 Å². The lowest BCUT2D eigenvalue weighted by molar-refractivity contribution is -0.277. The van der Waals surface area contributed by atoms with E-state index in [1.54, 1.807) is 43.4 Å². The van der Waals surface area contributed by atoms with Gasteiger partial charge in [-0.05, 0) is 32.6 Å². The van der Waals surface area contributed by atoms with E-state index in [-0.39, 0.29) is 37.9 Å². The zero-order valence-electron chi connectivity index (χ0n) is 31.5. The third-order valence-corrected chi connectivity index (χ3v) is 9.64. The maximum absolute atomic E-state index is 13.0. The lowest BCUT2D eigenvalue weighted by Crippen LogP contribution is -2.61. The topological polar surface area (TPSA) is 264 Å². The van der Waals surface area contributed by atoms with E-state index in [4.69, 9.17) is 19.9 Å². The first-order valence-electron chi connectivity index (χ1n) is 18.9. The highest BCUT2D eigenvalue weighted by molar-refractivity contribution is 5.81. The number of esters is 1. The number of aliphatic hydroxyl groups excluding tert-OH is 6. The molecule has 1 saturated heterocycles. The second-order valence-corrected chi connectivity index (χ2v) is 14.2. The molecule has 13 atom stereocenters. The first kappa shape index (κ1) is 47.0. The van der Waals surface area contributed by atoms with Crippen LogP contribution in [0.1, 0.15) is 91.4 Å². The number of Topliss-reactive ketones (excluding diaryl/α,β-unsaturated/α-hetero) is 2. The van der Waals surface area contributed by atoms with Gasteiger partial charge in [0.05, 0.1) is 54.7 Å². The zero-order valence-corrected chi connectivity index (χ0v) is 31.5. The molecule has 0 saturated carbocycles. The number of carbonyl (C=O) groups excluding carboxylic acids is 3. The molecule has 2 rings (SSSR count). The van der Waals surface area contributed by atoms with Crippen LogP contribution in [0.25, 0.3) is 0 Å². The SMILES string of the molecule is CCC[C@@H]1CC=CC=CC=CC=C[C@H](O[C@@H]2O[C@H](C)[C@H](O)[C@H](N)[C@@H]2O)C[C@H](O)[C@H](C(=O)O)[C@H](O)CC(=O)C[C@H](O)CCCC(=O)C[C@@H](O)[C@H](CC)C(=O)O1. The van der Waals surface area contributed by atoms with Crippen molar-refractivity contribution in [2.45, 2.75) is 159 Å². The van der Waals surface area contributed by atoms with E-state index in [9.17, 15) is 54.9 Å². The molecule has 1 fully saturated rings. The lowest BCUT2D eigenvalue weighted by atomic mass is 9.88. The first-order valence-corrected chi connectivity index (χ1v) is 18.9. The highest BCUT2D eigenvalue weighted by atomic mass is 16.7. The van der Waals surface area contributed by atoms with Gasteiger partial charge in [0.2, 0.25) is 0 Å². The molecule has 0 aromatic carbocycles. The van der Waals surface area contributed by atoms with Gasteiger partial charge in [-0.3, -0.25) is 19.2 Å². The van der Waals surface area contributed by atoms with Crippen molar-refractivity contribution >= 4 is 23.5 Å². The van der Waals surface area contributed by atoms with Gasteiger partial charge in [0.1, 0.15) is 29.7 Å². The Morgan fingerprint density at radius 1 is 0.870 bits per heavy atom. The molecule has 54 heavy (non-hydrogen) atoms. The standard InChI is InChI=1S/C39H61NO14/c1-4-14-27-17-11-9-7-6-8-10-12-18-28(54-39-36(48)34(40)35(47)23(3)52-39)22-32(46)33(37(49)50)31(45)21-26(43)19-24(41)15-13-16-25(42)20-30(44)29(5-2)38(51)53-27/h6-12,18,23-24,27-36,39,41,44-48H,4-5,13-17,19-22,40H2,1-3H3,(H,49,50)/t23-,24-,27-,28+,29+,30-,31-,32+,33-,34+,35+,36+,39+/m1/s1. The third kappa shape index (κ3) is 15.9. The number of carboxylic acids is 1. The second-order valence-electron chi connectivity index (χ2n) is 14.2. The summed E-state index contributed by atoms with van der Waals surface area (Å²) in [6, 6.07) is -1.12. The van der Waals surface area contributed by atoms with Gasteiger partial charge in [0.15, 0.2) is 6.29 Å². The van der Waals surface area contributed by atoms with Crippen molar-refractivity contribution in [2.24, 2.45) is 17.6 Å². The summed E-state index contributed by atoms with van der Waals surface area (Å²) in [6.07, 6.45) is 1.33. The Labute approximate surface area is 317 Å². The molecular weight excluding hydrogens is 706 g/mol. The van der Waals surface area contributed by atoms with E-state index in [0.29, 0.717) is 12.8 Å². The molecular formula is C39H61NO14. The van der Waals surface area contributed by atoms with Gasteiger partial charge in [-0.2, -0.15) is 0 Å². The normalized spacial score (nSPS) is 36.6. The Hall–Kier alpha value is -3.12. The Bertz CT molecular complexity index is 1300. The first-order chi connectivity index (χ1) is 25.6. The smallest absolute Gasteiger partial charge is 0.311 e. The maximum atomic E-state index is 13.0. The summed E-state index contributed by atoms with van der Waals surface area (Å²) in [5, 5.41) is 73.7. The molecule has 0 aromatic rings. The number of cyclic esters (lactones) is 1. The zero-order chi connectivity index (χ0) is 40.4. The Morgan fingerprint density at radius 2 is 1.52 bits per heavy atom. The average molecular weight is 768 g/mol. The Kier molecular flexibility index (Phi) is 21.3. The molecule has 2 heterocycles. The van der Waals surface area contributed by atoms with Gasteiger partial charge >= 0.3 is 11.9 Å². The van der Waals surface area contributed by atoms with Crippen molar-refractivity contribution in [3.05, 3.63) is 48.6 Å². The monoisotopic (exact) mass is 767 g/mol. The molecule has 2 aliphatic rings. The fourth-order valence-electron chi connectivity index (χ4n) is 6.47. The number of nitrogens with two attached hydrogens (primary N) is 1. The maximum Gasteiger partial charge on any atom is 0.311 e. The molecule has 9 N–H and O–H groups in total. The van der Waals surface area contributed by atoms with Crippen molar-refractivity contribution in [3.8, 4) is 0 Å². The summed E-state index contributed by atoms with van der Waals surface area (Å²) in [6.45, 7) is 5.21. The minimum absolute atomic E-state index is 0.0261. The molecule has 0 radical (unpaired) electrons. The van der Waals surface area contributed by atoms with Gasteiger partial charge in [-0.25, -0.2) is 0 Å². The van der Waals surface area contributed by atoms with Crippen molar-refractivity contribution < 1.29 is 69.1 Å². The van der Waals surface area contributed by atoms with Crippen LogP contribution in [0, 0.1) is 11.8 Å². The molecule has 15 nitrogen and oxygen atoms in total. The number of ketones is 2. The molecule has 0 aliphatic carbocycles. The van der Waals surface area contributed by atoms with E-state index in [1.165, 1.54) is 13.0 Å². The number of hydrogen-bond acceptors (Lipinski definition) is 14. The summed E-state index contributed by atoms with van der Waals surface area (Å²) < 4.78 is 17.2. The number of carboxylic acid groups (broad SMARTS) is 1. The highest BCUT2D eigenvalue weighted by Gasteiger charge is 2.43. The van der Waals surface area contributed by atoms with Gasteiger partial charge in [-0.15, -0.1) is 0 Å². The van der Waals surface area contributed by atoms with Crippen LogP contribution < -0.4 is 5.73 Å². The van der Waals surface area contributed by atoms with Crippen LogP contribution in [-0.2, 0) is 33.4 Å². The quantitative estimate of drug-likeness (QED) is 0.178. The number of aliphatic hydroxyl groups is 6. The van der Waals surface area contributed by atoms with Gasteiger partial charge < -0.3 is 55.7 Å². The van der Waals surface area contributed by atoms with Crippen molar-refractivity contribution in [1.82, 2.24) is 0 Å². The number of rotatable bonds is 6. The molecule has 306 valence electrons. The largest absolute Gasteiger partial charge is 0.481 e. The fourth-order valence-corrected chi connectivity index (χ4v) is 6.47. The third-order valence-electron chi connectivity index (χ3n) is 9.64. The Morgan fingerprint density at radius 3 is 2.17 bits per heavy atom. The van der Waals surface area contributed by atoms with Crippen LogP contribution in [0.5, 0.6) is 0 Å². The summed E-state index contributed by atoms with van der Waals surface area (Å²) in [5.41, 5.74) is 5.94. The molecule has 15 heteroatoms. The van der Waals surface area contributed by atoms with Crippen molar-refractivity contribution in [2.75, 3.05) is 0 Å². The number of hydrogen-bond donors (Lipinski definition) is 8. The number of carbonyl (C=O) groups is 4. The summed E-state index contributed by atoms with van der Waals surface area (Å²) >= 11 is 0. The van der Waals surface area contributed by atoms with E-state index >= 15 is 0 Å². The summed E-state index contributed by atoms with van der Waals surface area (Å²) in [5.74, 6) is -5.91. The van der Waals surface area contributed by atoms with Crippen LogP contribution in [-0.4, -0.2) is 127 Å². The van der Waals surface area contributed by atoms with Crippen molar-refractivity contribution in [3.63, 3.8) is 0 Å². The molecule has 0 aromatic heterocycles. The number of ether oxygens (including phenoxy) is 3. The molecule has 0 amide bonds. The van der Waals surface area contributed by atoms with Crippen molar-refractivity contribution in [1.29, 1.82) is 0 Å². The number of aliphatic carboxylic acids is 1. The minimum Gasteiger partial charge on any atom is -0.481 e. The molecule has 2 aliphatic heterocycles. The van der Waals surface area contributed by atoms with E-state index in [0.717, 1.165) is 6.42 Å².